The van der Waals surface area contributed by atoms with Crippen LogP contribution in [-0.2, 0) is 9.59 Å². The molecule has 3 heterocycles. The number of nitrogens with one attached hydrogen (secondary N) is 1. The van der Waals surface area contributed by atoms with Crippen molar-refractivity contribution in [3.8, 4) is 11.5 Å². The van der Waals surface area contributed by atoms with Gasteiger partial charge in [0.05, 0.1) is 22.2 Å². The molecular formula is C14H8NO6S2-. The van der Waals surface area contributed by atoms with Gasteiger partial charge >= 0.3 is 10.8 Å². The number of aliphatic carboxylic acids is 1. The first kappa shape index (κ1) is 14.3. The summed E-state index contributed by atoms with van der Waals surface area (Å²) in [4.78, 5) is 38.4. The van der Waals surface area contributed by atoms with Crippen LogP contribution in [0.3, 0.4) is 0 Å². The average molecular weight is 350 g/mol. The van der Waals surface area contributed by atoms with Gasteiger partial charge in [-0.15, -0.1) is 0 Å². The van der Waals surface area contributed by atoms with Gasteiger partial charge in [0.25, 0.3) is 0 Å². The Bertz CT molecular complexity index is 901. The highest BCUT2D eigenvalue weighted by Crippen LogP contribution is 2.53. The molecule has 3 atom stereocenters. The number of phenols is 1. The molecule has 2 aliphatic heterocycles. The standard InChI is InChI=1S/C14H9NO6S2/c16-4-1-2-5-6(3-4)21-13(19)8-7(5)9-11(15-14(20)23-9)22-10(8)12(17)18/h1-3,7-8,10,16H,(H,15,20)(H,17,18)/p-1/t7-,8-,10+/m1/s1. The van der Waals surface area contributed by atoms with Gasteiger partial charge in [-0.05, 0) is 6.07 Å². The van der Waals surface area contributed by atoms with Crippen molar-refractivity contribution >= 4 is 35.0 Å². The Morgan fingerprint density at radius 3 is 2.87 bits per heavy atom. The van der Waals surface area contributed by atoms with Crippen molar-refractivity contribution in [1.29, 1.82) is 0 Å². The zero-order valence-corrected chi connectivity index (χ0v) is 12.9. The number of hydrogen-bond donors (Lipinski definition) is 2. The lowest BCUT2D eigenvalue weighted by Gasteiger charge is -2.39. The zero-order chi connectivity index (χ0) is 16.3. The lowest BCUT2D eigenvalue weighted by molar-refractivity contribution is -0.306. The monoisotopic (exact) mass is 350 g/mol. The number of phenolic OH excluding ortho intramolecular Hbond substituents is 1. The summed E-state index contributed by atoms with van der Waals surface area (Å²) in [5, 5.41) is 20.3. The number of thiazole rings is 1. The molecule has 0 fully saturated rings. The molecule has 2 N–H and O–H groups in total. The number of fused-ring (bicyclic) bond motifs is 5. The Hall–Kier alpha value is -2.26. The summed E-state index contributed by atoms with van der Waals surface area (Å²) in [6.45, 7) is 0. The van der Waals surface area contributed by atoms with E-state index in [1.807, 2.05) is 0 Å². The van der Waals surface area contributed by atoms with Gasteiger partial charge in [0.2, 0.25) is 0 Å². The van der Waals surface area contributed by atoms with E-state index in [4.69, 9.17) is 4.74 Å². The number of hydrogen-bond acceptors (Lipinski definition) is 8. The quantitative estimate of drug-likeness (QED) is 0.550. The molecule has 0 aliphatic carbocycles. The lowest BCUT2D eigenvalue weighted by Crippen LogP contribution is -2.48. The van der Waals surface area contributed by atoms with Gasteiger partial charge in [-0.25, -0.2) is 0 Å². The molecule has 7 nitrogen and oxygen atoms in total. The molecule has 2 aromatic rings. The number of carbonyl (C=O) groups excluding carboxylic acids is 2. The molecule has 0 bridgehead atoms. The highest BCUT2D eigenvalue weighted by Gasteiger charge is 2.49. The molecule has 9 heteroatoms. The first-order valence-corrected chi connectivity index (χ1v) is 8.30. The predicted octanol–water partition coefficient (Wildman–Crippen LogP) is 0.0333. The highest BCUT2D eigenvalue weighted by atomic mass is 32.2. The summed E-state index contributed by atoms with van der Waals surface area (Å²) < 4.78 is 5.20. The lowest BCUT2D eigenvalue weighted by atomic mass is 9.80. The second kappa shape index (κ2) is 4.87. The molecule has 0 unspecified atom stereocenters. The molecule has 2 aliphatic rings. The number of aromatic amines is 1. The number of aromatic hydroxyl groups is 1. The van der Waals surface area contributed by atoms with Crippen molar-refractivity contribution in [2.75, 3.05) is 0 Å². The van der Waals surface area contributed by atoms with Crippen LogP contribution in [0.4, 0.5) is 0 Å². The fourth-order valence-corrected chi connectivity index (χ4v) is 5.38. The van der Waals surface area contributed by atoms with Crippen LogP contribution < -0.4 is 14.7 Å². The van der Waals surface area contributed by atoms with E-state index in [1.54, 1.807) is 6.07 Å². The Balaban J connectivity index is 1.98. The van der Waals surface area contributed by atoms with Crippen molar-refractivity contribution in [1.82, 2.24) is 4.98 Å². The van der Waals surface area contributed by atoms with Crippen LogP contribution in [0.1, 0.15) is 16.4 Å². The number of H-pyrrole nitrogens is 1. The van der Waals surface area contributed by atoms with E-state index < -0.39 is 29.0 Å². The fraction of sp³-hybridized carbons (Fsp3) is 0.214. The molecule has 1 aromatic heterocycles. The van der Waals surface area contributed by atoms with E-state index in [0.717, 1.165) is 23.1 Å². The van der Waals surface area contributed by atoms with E-state index in [1.165, 1.54) is 12.1 Å². The zero-order valence-electron chi connectivity index (χ0n) is 11.3. The van der Waals surface area contributed by atoms with Crippen LogP contribution in [0.2, 0.25) is 0 Å². The van der Waals surface area contributed by atoms with Gasteiger partial charge in [-0.3, -0.25) is 9.59 Å². The predicted molar refractivity (Wildman–Crippen MR) is 78.7 cm³/mol. The van der Waals surface area contributed by atoms with Gasteiger partial charge in [0, 0.05) is 22.4 Å². The molecule has 0 saturated carbocycles. The van der Waals surface area contributed by atoms with Crippen molar-refractivity contribution in [2.45, 2.75) is 16.2 Å². The number of esters is 1. The molecule has 118 valence electrons. The molecule has 0 spiro atoms. The van der Waals surface area contributed by atoms with E-state index in [9.17, 15) is 24.6 Å². The van der Waals surface area contributed by atoms with Crippen LogP contribution >= 0.6 is 23.1 Å². The van der Waals surface area contributed by atoms with E-state index >= 15 is 0 Å². The second-order valence-electron chi connectivity index (χ2n) is 5.21. The summed E-state index contributed by atoms with van der Waals surface area (Å²) >= 11 is 1.84. The summed E-state index contributed by atoms with van der Waals surface area (Å²) in [6, 6.07) is 4.30. The van der Waals surface area contributed by atoms with Gasteiger partial charge in [-0.2, -0.15) is 0 Å². The molecule has 0 amide bonds. The average Bonchev–Trinajstić information content (AvgIpc) is 2.85. The smallest absolute Gasteiger partial charge is 0.316 e. The molecule has 23 heavy (non-hydrogen) atoms. The van der Waals surface area contributed by atoms with Crippen LogP contribution in [0.15, 0.2) is 28.0 Å². The Morgan fingerprint density at radius 2 is 2.13 bits per heavy atom. The maximum absolute atomic E-state index is 12.3. The third-order valence-electron chi connectivity index (χ3n) is 3.90. The summed E-state index contributed by atoms with van der Waals surface area (Å²) in [7, 11) is 0. The molecule has 1 aromatic carbocycles. The van der Waals surface area contributed by atoms with Crippen molar-refractivity contribution in [3.05, 3.63) is 38.3 Å². The Labute approximate surface area is 136 Å². The van der Waals surface area contributed by atoms with Crippen LogP contribution in [0.25, 0.3) is 0 Å². The summed E-state index contributed by atoms with van der Waals surface area (Å²) in [5.41, 5.74) is 0.565. The molecule has 0 radical (unpaired) electrons. The number of carboxylic acids is 1. The minimum atomic E-state index is -1.39. The minimum absolute atomic E-state index is 0.0703. The van der Waals surface area contributed by atoms with Crippen molar-refractivity contribution < 1.29 is 24.5 Å². The topological polar surface area (TPSA) is 120 Å². The minimum Gasteiger partial charge on any atom is -0.549 e. The number of rotatable bonds is 1. The van der Waals surface area contributed by atoms with Gasteiger partial charge in [0.15, 0.2) is 0 Å². The van der Waals surface area contributed by atoms with Crippen LogP contribution in [0, 0.1) is 5.92 Å². The first-order valence-electron chi connectivity index (χ1n) is 6.61. The largest absolute Gasteiger partial charge is 0.549 e. The van der Waals surface area contributed by atoms with Crippen LogP contribution in [-0.4, -0.2) is 27.3 Å². The third kappa shape index (κ3) is 2.07. The first-order chi connectivity index (χ1) is 11.0. The van der Waals surface area contributed by atoms with Crippen molar-refractivity contribution in [3.63, 3.8) is 0 Å². The van der Waals surface area contributed by atoms with Gasteiger partial charge < -0.3 is 24.7 Å². The van der Waals surface area contributed by atoms with E-state index in [-0.39, 0.29) is 16.4 Å². The summed E-state index contributed by atoms with van der Waals surface area (Å²) in [6.07, 6.45) is 0. The third-order valence-corrected chi connectivity index (χ3v) is 6.29. The fourth-order valence-electron chi connectivity index (χ4n) is 2.99. The van der Waals surface area contributed by atoms with E-state index in [2.05, 4.69) is 4.98 Å². The second-order valence-corrected chi connectivity index (χ2v) is 7.38. The maximum Gasteiger partial charge on any atom is 0.316 e. The maximum atomic E-state index is 12.3. The SMILES string of the molecule is O=C1Oc2cc(O)ccc2[C@H]2c3sc(=O)[nH]c3S[C@H](C(=O)[O-])[C@H]12. The number of thioether (sulfide) groups is 1. The number of carbonyl (C=O) groups is 2. The van der Waals surface area contributed by atoms with Crippen LogP contribution in [0.5, 0.6) is 11.5 Å². The number of carboxylic acid groups (broad SMARTS) is 1. The normalized spacial score (nSPS) is 25.0. The van der Waals surface area contributed by atoms with Gasteiger partial charge in [0.1, 0.15) is 11.5 Å². The van der Waals surface area contributed by atoms with E-state index in [0.29, 0.717) is 15.5 Å². The Kier molecular flexibility index (Phi) is 3.03. The summed E-state index contributed by atoms with van der Waals surface area (Å²) in [5.74, 6) is -3.59. The van der Waals surface area contributed by atoms with Crippen molar-refractivity contribution in [2.24, 2.45) is 5.92 Å². The Morgan fingerprint density at radius 1 is 1.35 bits per heavy atom. The highest BCUT2D eigenvalue weighted by molar-refractivity contribution is 8.00. The molecule has 4 rings (SSSR count). The number of aromatic nitrogens is 1. The molecule has 0 saturated heterocycles. The van der Waals surface area contributed by atoms with Gasteiger partial charge in [-0.1, -0.05) is 29.2 Å². The number of benzene rings is 1. The number of ether oxygens (including phenoxy) is 1. The molecular weight excluding hydrogens is 342 g/mol.